The molecule has 22 heavy (non-hydrogen) atoms. The van der Waals surface area contributed by atoms with Crippen LogP contribution < -0.4 is 0 Å². The van der Waals surface area contributed by atoms with Crippen molar-refractivity contribution in [2.24, 2.45) is 0 Å². The van der Waals surface area contributed by atoms with Gasteiger partial charge in [0.2, 0.25) is 0 Å². The van der Waals surface area contributed by atoms with Crippen LogP contribution in [0.3, 0.4) is 0 Å². The highest BCUT2D eigenvalue weighted by atomic mass is 16.7. The van der Waals surface area contributed by atoms with Gasteiger partial charge < -0.3 is 19.1 Å². The van der Waals surface area contributed by atoms with Gasteiger partial charge in [0.1, 0.15) is 5.69 Å². The molecule has 1 aromatic carbocycles. The molecule has 1 fully saturated rings. The minimum absolute atomic E-state index is 0.177. The lowest BCUT2D eigenvalue weighted by Crippen LogP contribution is -2.22. The summed E-state index contributed by atoms with van der Waals surface area (Å²) in [7, 11) is 0. The number of hydrogen-bond donors (Lipinski definition) is 1. The average Bonchev–Trinajstić information content (AvgIpc) is 3.03. The molecule has 6 heteroatoms. The monoisotopic (exact) mass is 303 g/mol. The largest absolute Gasteiger partial charge is 0.478 e. The molecule has 1 saturated heterocycles. The van der Waals surface area contributed by atoms with Gasteiger partial charge in [0, 0.05) is 18.2 Å². The highest BCUT2D eigenvalue weighted by molar-refractivity contribution is 5.89. The zero-order chi connectivity index (χ0) is 15.4. The summed E-state index contributed by atoms with van der Waals surface area (Å²) >= 11 is 0. The second-order valence-electron chi connectivity index (χ2n) is 5.18. The van der Waals surface area contributed by atoms with Crippen LogP contribution in [0.5, 0.6) is 0 Å². The normalized spacial score (nSPS) is 18.3. The molecule has 116 valence electrons. The van der Waals surface area contributed by atoms with E-state index in [0.717, 1.165) is 25.9 Å². The van der Waals surface area contributed by atoms with Gasteiger partial charge in [0.05, 0.1) is 12.2 Å². The number of ether oxygens (including phenoxy) is 2. The summed E-state index contributed by atoms with van der Waals surface area (Å²) in [6, 6.07) is 8.29. The summed E-state index contributed by atoms with van der Waals surface area (Å²) < 4.78 is 16.4. The third-order valence-corrected chi connectivity index (χ3v) is 3.51. The molecule has 1 aromatic heterocycles. The minimum Gasteiger partial charge on any atom is -0.478 e. The number of carboxylic acids is 1. The lowest BCUT2D eigenvalue weighted by Gasteiger charge is -2.21. The molecular formula is C16H17NO5. The van der Waals surface area contributed by atoms with Crippen molar-refractivity contribution in [1.82, 2.24) is 5.16 Å². The van der Waals surface area contributed by atoms with E-state index in [0.29, 0.717) is 23.6 Å². The van der Waals surface area contributed by atoms with Crippen molar-refractivity contribution < 1.29 is 23.9 Å². The molecule has 2 aromatic rings. The number of hydrogen-bond acceptors (Lipinski definition) is 5. The molecule has 0 amide bonds. The second kappa shape index (κ2) is 6.72. The molecule has 0 aliphatic carbocycles. The molecular weight excluding hydrogens is 286 g/mol. The Morgan fingerprint density at radius 3 is 3.05 bits per heavy atom. The molecule has 1 aliphatic rings. The van der Waals surface area contributed by atoms with Crippen LogP contribution >= 0.6 is 0 Å². The lowest BCUT2D eigenvalue weighted by molar-refractivity contribution is -0.169. The van der Waals surface area contributed by atoms with Crippen molar-refractivity contribution >= 4 is 5.97 Å². The van der Waals surface area contributed by atoms with Crippen LogP contribution in [0.2, 0.25) is 0 Å². The van der Waals surface area contributed by atoms with E-state index in [1.165, 1.54) is 6.07 Å². The Kier molecular flexibility index (Phi) is 4.50. The number of carboxylic acid groups (broad SMARTS) is 1. The molecule has 1 N–H and O–H groups in total. The van der Waals surface area contributed by atoms with Crippen LogP contribution in [0.15, 0.2) is 34.9 Å². The van der Waals surface area contributed by atoms with Crippen molar-refractivity contribution in [3.8, 4) is 11.3 Å². The Morgan fingerprint density at radius 1 is 1.36 bits per heavy atom. The van der Waals surface area contributed by atoms with Gasteiger partial charge in [-0.2, -0.15) is 0 Å². The topological polar surface area (TPSA) is 81.8 Å². The minimum atomic E-state index is -0.973. The molecule has 1 unspecified atom stereocenters. The van der Waals surface area contributed by atoms with Gasteiger partial charge in [-0.3, -0.25) is 0 Å². The van der Waals surface area contributed by atoms with Crippen molar-refractivity contribution in [3.05, 3.63) is 41.6 Å². The lowest BCUT2D eigenvalue weighted by atomic mass is 10.1. The third-order valence-electron chi connectivity index (χ3n) is 3.51. The summed E-state index contributed by atoms with van der Waals surface area (Å²) in [4.78, 5) is 11.0. The van der Waals surface area contributed by atoms with Crippen LogP contribution in [0, 0.1) is 0 Å². The fourth-order valence-electron chi connectivity index (χ4n) is 2.34. The molecule has 0 bridgehead atoms. The predicted molar refractivity (Wildman–Crippen MR) is 77.3 cm³/mol. The van der Waals surface area contributed by atoms with E-state index >= 15 is 0 Å². The van der Waals surface area contributed by atoms with Crippen molar-refractivity contribution in [2.75, 3.05) is 6.61 Å². The van der Waals surface area contributed by atoms with Crippen LogP contribution in [0.4, 0.5) is 0 Å². The van der Waals surface area contributed by atoms with Crippen LogP contribution in [-0.4, -0.2) is 29.1 Å². The summed E-state index contributed by atoms with van der Waals surface area (Å²) in [6.45, 7) is 1.05. The van der Waals surface area contributed by atoms with Crippen molar-refractivity contribution in [2.45, 2.75) is 32.2 Å². The van der Waals surface area contributed by atoms with E-state index in [1.54, 1.807) is 24.3 Å². The fraction of sp³-hybridized carbons (Fsp3) is 0.375. The molecule has 6 nitrogen and oxygen atoms in total. The Hall–Kier alpha value is -2.18. The van der Waals surface area contributed by atoms with Gasteiger partial charge in [-0.15, -0.1) is 0 Å². The van der Waals surface area contributed by atoms with Crippen molar-refractivity contribution in [3.63, 3.8) is 0 Å². The van der Waals surface area contributed by atoms with Gasteiger partial charge in [-0.1, -0.05) is 17.3 Å². The van der Waals surface area contributed by atoms with Gasteiger partial charge in [-0.05, 0) is 31.4 Å². The Balaban J connectivity index is 1.65. The summed E-state index contributed by atoms with van der Waals surface area (Å²) in [5.41, 5.74) is 1.54. The third kappa shape index (κ3) is 3.52. The van der Waals surface area contributed by atoms with E-state index in [4.69, 9.17) is 19.1 Å². The number of nitrogens with zero attached hydrogens (tertiary/aromatic N) is 1. The number of aromatic nitrogens is 1. The first-order chi connectivity index (χ1) is 10.7. The Morgan fingerprint density at radius 2 is 2.27 bits per heavy atom. The number of carbonyl (C=O) groups is 1. The highest BCUT2D eigenvalue weighted by Crippen LogP contribution is 2.22. The molecule has 0 saturated carbocycles. The zero-order valence-corrected chi connectivity index (χ0v) is 12.0. The van der Waals surface area contributed by atoms with E-state index in [9.17, 15) is 4.79 Å². The first-order valence-electron chi connectivity index (χ1n) is 7.25. The van der Waals surface area contributed by atoms with Gasteiger partial charge in [0.15, 0.2) is 12.1 Å². The van der Waals surface area contributed by atoms with Gasteiger partial charge in [0.25, 0.3) is 0 Å². The van der Waals surface area contributed by atoms with E-state index in [1.807, 2.05) is 0 Å². The SMILES string of the molecule is O=C(O)c1cccc(-c2cc(COC3CCCCO3)no2)c1. The highest BCUT2D eigenvalue weighted by Gasteiger charge is 2.15. The van der Waals surface area contributed by atoms with Crippen molar-refractivity contribution in [1.29, 1.82) is 0 Å². The molecule has 1 aliphatic heterocycles. The van der Waals surface area contributed by atoms with E-state index in [-0.39, 0.29) is 11.9 Å². The average molecular weight is 303 g/mol. The quantitative estimate of drug-likeness (QED) is 0.914. The first-order valence-corrected chi connectivity index (χ1v) is 7.25. The Bertz CT molecular complexity index is 645. The molecule has 1 atom stereocenters. The molecule has 0 radical (unpaired) electrons. The van der Waals surface area contributed by atoms with Crippen LogP contribution in [0.1, 0.15) is 35.3 Å². The summed E-state index contributed by atoms with van der Waals surface area (Å²) in [5, 5.41) is 13.0. The van der Waals surface area contributed by atoms with Crippen LogP contribution in [-0.2, 0) is 16.1 Å². The summed E-state index contributed by atoms with van der Waals surface area (Å²) in [6.07, 6.45) is 2.90. The summed E-state index contributed by atoms with van der Waals surface area (Å²) in [5.74, 6) is -0.453. The number of rotatable bonds is 5. The van der Waals surface area contributed by atoms with E-state index in [2.05, 4.69) is 5.16 Å². The number of aromatic carboxylic acids is 1. The van der Waals surface area contributed by atoms with Gasteiger partial charge in [-0.25, -0.2) is 4.79 Å². The standard InChI is InChI=1S/C16H17NO5/c18-16(19)12-5-3-4-11(8-12)14-9-13(17-22-14)10-21-15-6-1-2-7-20-15/h3-5,8-9,15H,1-2,6-7,10H2,(H,18,19). The second-order valence-corrected chi connectivity index (χ2v) is 5.18. The maximum Gasteiger partial charge on any atom is 0.335 e. The fourth-order valence-corrected chi connectivity index (χ4v) is 2.34. The number of benzene rings is 1. The maximum absolute atomic E-state index is 11.0. The zero-order valence-electron chi connectivity index (χ0n) is 12.0. The Labute approximate surface area is 127 Å². The first kappa shape index (κ1) is 14.7. The van der Waals surface area contributed by atoms with E-state index < -0.39 is 5.97 Å². The molecule has 0 spiro atoms. The predicted octanol–water partition coefficient (Wildman–Crippen LogP) is 3.08. The van der Waals surface area contributed by atoms with Gasteiger partial charge >= 0.3 is 5.97 Å². The maximum atomic E-state index is 11.0. The van der Waals surface area contributed by atoms with Crippen LogP contribution in [0.25, 0.3) is 11.3 Å². The molecule has 3 rings (SSSR count). The smallest absolute Gasteiger partial charge is 0.335 e. The molecule has 2 heterocycles.